The number of unbranched alkanes of at least 4 members (excludes halogenated alkanes) is 2. The van der Waals surface area contributed by atoms with Crippen molar-refractivity contribution in [2.75, 3.05) is 19.0 Å². The van der Waals surface area contributed by atoms with Crippen molar-refractivity contribution in [2.24, 2.45) is 0 Å². The van der Waals surface area contributed by atoms with Gasteiger partial charge in [0, 0.05) is 14.1 Å². The van der Waals surface area contributed by atoms with Gasteiger partial charge < -0.3 is 4.90 Å². The topological polar surface area (TPSA) is 73.5 Å². The van der Waals surface area contributed by atoms with E-state index in [4.69, 9.17) is 0 Å². The second-order valence-electron chi connectivity index (χ2n) is 7.29. The fraction of sp³-hybridized carbons (Fsp3) is 0.450. The maximum atomic E-state index is 13.0. The number of nitrogens with zero attached hydrogens (tertiary/aromatic N) is 4. The van der Waals surface area contributed by atoms with Gasteiger partial charge in [-0.3, -0.25) is 10.2 Å². The number of pyridine rings is 1. The largest absolute Gasteiger partial charge is 0.432 e. The third-order valence-electron chi connectivity index (χ3n) is 4.73. The summed E-state index contributed by atoms with van der Waals surface area (Å²) < 4.78 is 52.1. The molecule has 0 aliphatic heterocycles. The zero-order valence-electron chi connectivity index (χ0n) is 17.1. The van der Waals surface area contributed by atoms with Crippen LogP contribution in [0.2, 0.25) is 0 Å². The molecule has 0 bridgehead atoms. The lowest BCUT2D eigenvalue weighted by molar-refractivity contribution is -0.141. The molecule has 0 amide bonds. The summed E-state index contributed by atoms with van der Waals surface area (Å²) in [5.74, 6) is 0. The smallest absolute Gasteiger partial charge is 0.376 e. The van der Waals surface area contributed by atoms with Gasteiger partial charge in [0.15, 0.2) is 0 Å². The van der Waals surface area contributed by atoms with Gasteiger partial charge in [0.05, 0.1) is 17.1 Å². The van der Waals surface area contributed by atoms with Crippen LogP contribution in [-0.4, -0.2) is 39.5 Å². The summed E-state index contributed by atoms with van der Waals surface area (Å²) in [6, 6.07) is 4.27. The number of anilines is 1. The van der Waals surface area contributed by atoms with E-state index in [-0.39, 0.29) is 5.69 Å². The van der Waals surface area contributed by atoms with E-state index in [1.807, 2.05) is 24.1 Å². The Labute approximate surface area is 171 Å². The number of aromatic nitrogens is 5. The van der Waals surface area contributed by atoms with Gasteiger partial charge >= 0.3 is 6.18 Å². The van der Waals surface area contributed by atoms with Gasteiger partial charge in [-0.25, -0.2) is 9.37 Å². The quantitative estimate of drug-likeness (QED) is 0.388. The fourth-order valence-corrected chi connectivity index (χ4v) is 3.31. The minimum absolute atomic E-state index is 0.0897. The van der Waals surface area contributed by atoms with Crippen LogP contribution in [0.5, 0.6) is 0 Å². The number of hydrogen-bond acceptors (Lipinski definition) is 4. The molecule has 3 rings (SSSR count). The van der Waals surface area contributed by atoms with Crippen LogP contribution in [0, 0.1) is 0 Å². The second kappa shape index (κ2) is 8.85. The summed E-state index contributed by atoms with van der Waals surface area (Å²) in [7, 11) is 3.73. The first kappa shape index (κ1) is 21.8. The van der Waals surface area contributed by atoms with E-state index >= 15 is 0 Å². The Morgan fingerprint density at radius 1 is 0.967 bits per heavy atom. The lowest BCUT2D eigenvalue weighted by Crippen LogP contribution is -2.14. The SMILES string of the molecule is CCCCCc1cc(-c2cc(C(F)(F)F)[nH]n2)nc(-c2cc(CF)[nH]n2)c1N(C)C. The lowest BCUT2D eigenvalue weighted by Gasteiger charge is -2.21. The van der Waals surface area contributed by atoms with Crippen LogP contribution in [0.15, 0.2) is 18.2 Å². The first-order chi connectivity index (χ1) is 14.2. The van der Waals surface area contributed by atoms with E-state index in [1.165, 1.54) is 0 Å². The molecule has 0 aromatic carbocycles. The Kier molecular flexibility index (Phi) is 6.42. The van der Waals surface area contributed by atoms with Crippen molar-refractivity contribution in [1.82, 2.24) is 25.4 Å². The maximum absolute atomic E-state index is 13.0. The number of nitrogens with one attached hydrogen (secondary N) is 2. The van der Waals surface area contributed by atoms with Gasteiger partial charge in [0.1, 0.15) is 29.5 Å². The Balaban J connectivity index is 2.16. The highest BCUT2D eigenvalue weighted by molar-refractivity contribution is 5.79. The summed E-state index contributed by atoms with van der Waals surface area (Å²) >= 11 is 0. The molecule has 162 valence electrons. The van der Waals surface area contributed by atoms with E-state index in [2.05, 4.69) is 27.2 Å². The summed E-state index contributed by atoms with van der Waals surface area (Å²) in [5.41, 5.74) is 2.38. The van der Waals surface area contributed by atoms with Crippen molar-refractivity contribution in [2.45, 2.75) is 45.5 Å². The molecular weight excluding hydrogens is 400 g/mol. The highest BCUT2D eigenvalue weighted by atomic mass is 19.4. The van der Waals surface area contributed by atoms with Crippen LogP contribution in [-0.2, 0) is 19.3 Å². The summed E-state index contributed by atoms with van der Waals surface area (Å²) in [4.78, 5) is 6.46. The number of aromatic amines is 2. The molecule has 0 aliphatic rings. The monoisotopic (exact) mass is 424 g/mol. The van der Waals surface area contributed by atoms with Gasteiger partial charge in [-0.1, -0.05) is 19.8 Å². The lowest BCUT2D eigenvalue weighted by atomic mass is 10.0. The average molecular weight is 424 g/mol. The van der Waals surface area contributed by atoms with Gasteiger partial charge in [-0.2, -0.15) is 23.4 Å². The van der Waals surface area contributed by atoms with Crippen LogP contribution in [0.1, 0.15) is 43.1 Å². The number of halogens is 4. The molecule has 2 N–H and O–H groups in total. The van der Waals surface area contributed by atoms with Crippen molar-refractivity contribution in [3.8, 4) is 22.8 Å². The van der Waals surface area contributed by atoms with Gasteiger partial charge in [-0.15, -0.1) is 0 Å². The fourth-order valence-electron chi connectivity index (χ4n) is 3.31. The molecule has 0 saturated carbocycles. The predicted octanol–water partition coefficient (Wildman–Crippen LogP) is 5.15. The third-order valence-corrected chi connectivity index (χ3v) is 4.73. The molecule has 6 nitrogen and oxygen atoms in total. The standard InChI is InChI=1S/C20H24F4N6/c1-4-5-6-7-12-8-14(15-10-17(29-27-15)20(22,23)24)25-18(19(12)30(2)3)16-9-13(11-21)26-28-16/h8-10H,4-7,11H2,1-3H3,(H,26,28)(H,27,29). The summed E-state index contributed by atoms with van der Waals surface area (Å²) in [6.45, 7) is 1.39. The summed E-state index contributed by atoms with van der Waals surface area (Å²) in [5, 5.41) is 12.6. The van der Waals surface area contributed by atoms with Gasteiger partial charge in [0.25, 0.3) is 0 Å². The van der Waals surface area contributed by atoms with Crippen LogP contribution >= 0.6 is 0 Å². The normalized spacial score (nSPS) is 11.8. The number of H-pyrrole nitrogens is 2. The Morgan fingerprint density at radius 2 is 1.70 bits per heavy atom. The molecule has 3 aromatic heterocycles. The van der Waals surface area contributed by atoms with E-state index in [9.17, 15) is 17.6 Å². The molecule has 0 atom stereocenters. The predicted molar refractivity (Wildman–Crippen MR) is 107 cm³/mol. The van der Waals surface area contributed by atoms with Crippen molar-refractivity contribution in [1.29, 1.82) is 0 Å². The van der Waals surface area contributed by atoms with Crippen LogP contribution in [0.25, 0.3) is 22.8 Å². The Bertz CT molecular complexity index is 990. The van der Waals surface area contributed by atoms with Crippen molar-refractivity contribution >= 4 is 5.69 Å². The second-order valence-corrected chi connectivity index (χ2v) is 7.29. The van der Waals surface area contributed by atoms with E-state index in [0.717, 1.165) is 43.0 Å². The molecule has 0 radical (unpaired) electrons. The molecule has 3 heterocycles. The third kappa shape index (κ3) is 4.63. The molecule has 10 heteroatoms. The minimum Gasteiger partial charge on any atom is -0.376 e. The maximum Gasteiger partial charge on any atom is 0.432 e. The van der Waals surface area contributed by atoms with E-state index < -0.39 is 18.5 Å². The van der Waals surface area contributed by atoms with Crippen molar-refractivity contribution < 1.29 is 17.6 Å². The first-order valence-corrected chi connectivity index (χ1v) is 9.69. The van der Waals surface area contributed by atoms with Crippen LogP contribution in [0.3, 0.4) is 0 Å². The zero-order valence-corrected chi connectivity index (χ0v) is 17.1. The Morgan fingerprint density at radius 3 is 2.27 bits per heavy atom. The summed E-state index contributed by atoms with van der Waals surface area (Å²) in [6.07, 6.45) is -0.823. The van der Waals surface area contributed by atoms with Gasteiger partial charge in [-0.05, 0) is 36.6 Å². The molecule has 0 unspecified atom stereocenters. The number of rotatable bonds is 8. The number of hydrogen-bond donors (Lipinski definition) is 2. The molecule has 3 aromatic rings. The number of alkyl halides is 4. The Hall–Kier alpha value is -2.91. The minimum atomic E-state index is -4.53. The van der Waals surface area contributed by atoms with Crippen molar-refractivity contribution in [3.05, 3.63) is 35.2 Å². The first-order valence-electron chi connectivity index (χ1n) is 9.69. The molecule has 0 spiro atoms. The zero-order chi connectivity index (χ0) is 21.9. The molecule has 0 saturated heterocycles. The average Bonchev–Trinajstić information content (AvgIpc) is 3.36. The van der Waals surface area contributed by atoms with Crippen LogP contribution < -0.4 is 4.90 Å². The van der Waals surface area contributed by atoms with Crippen LogP contribution in [0.4, 0.5) is 23.2 Å². The molecule has 30 heavy (non-hydrogen) atoms. The van der Waals surface area contributed by atoms with E-state index in [0.29, 0.717) is 22.8 Å². The number of aryl methyl sites for hydroxylation is 1. The highest BCUT2D eigenvalue weighted by Crippen LogP contribution is 2.36. The molecule has 0 fully saturated rings. The van der Waals surface area contributed by atoms with Gasteiger partial charge in [0.2, 0.25) is 0 Å². The molecular formula is C20H24F4N6. The molecule has 0 aliphatic carbocycles. The van der Waals surface area contributed by atoms with E-state index in [1.54, 1.807) is 12.1 Å². The van der Waals surface area contributed by atoms with Crippen molar-refractivity contribution in [3.63, 3.8) is 0 Å². The highest BCUT2D eigenvalue weighted by Gasteiger charge is 2.33.